The van der Waals surface area contributed by atoms with Crippen molar-refractivity contribution in [3.8, 4) is 0 Å². The number of nitrogens with zero attached hydrogens (tertiary/aromatic N) is 1. The zero-order valence-electron chi connectivity index (χ0n) is 9.42. The van der Waals surface area contributed by atoms with E-state index in [1.807, 2.05) is 0 Å². The van der Waals surface area contributed by atoms with Gasteiger partial charge in [0.15, 0.2) is 0 Å². The van der Waals surface area contributed by atoms with Crippen molar-refractivity contribution in [2.45, 2.75) is 32.6 Å². The molecule has 3 heteroatoms. The number of hydrogen-bond donors (Lipinski definition) is 0. The second-order valence-corrected chi connectivity index (χ2v) is 5.72. The summed E-state index contributed by atoms with van der Waals surface area (Å²) in [4.78, 5) is 14.2. The number of carbonyl (C=O) groups excluding carboxylic acids is 1. The minimum atomic E-state index is 0.277. The van der Waals surface area contributed by atoms with Crippen LogP contribution < -0.4 is 0 Å². The van der Waals surface area contributed by atoms with Crippen LogP contribution in [0.3, 0.4) is 0 Å². The molecule has 0 radical (unpaired) electrons. The standard InChI is InChI=1S/C12H20BrNO/c1-9(11-4-5-11)12(15)14-6-2-3-10(7-13)8-14/h9-11H,2-8H2,1H3. The van der Waals surface area contributed by atoms with E-state index in [1.165, 1.54) is 25.7 Å². The normalized spacial score (nSPS) is 28.9. The van der Waals surface area contributed by atoms with Gasteiger partial charge in [-0.15, -0.1) is 0 Å². The molecule has 2 unspecified atom stereocenters. The average Bonchev–Trinajstić information content (AvgIpc) is 3.11. The van der Waals surface area contributed by atoms with Crippen molar-refractivity contribution in [1.29, 1.82) is 0 Å². The van der Waals surface area contributed by atoms with Gasteiger partial charge in [0.25, 0.3) is 0 Å². The van der Waals surface area contributed by atoms with Crippen molar-refractivity contribution in [2.75, 3.05) is 18.4 Å². The van der Waals surface area contributed by atoms with Gasteiger partial charge in [0.2, 0.25) is 5.91 Å². The molecule has 2 nitrogen and oxygen atoms in total. The van der Waals surface area contributed by atoms with E-state index in [0.29, 0.717) is 17.7 Å². The minimum Gasteiger partial charge on any atom is -0.342 e. The van der Waals surface area contributed by atoms with Crippen LogP contribution in [0.1, 0.15) is 32.6 Å². The Kier molecular flexibility index (Phi) is 3.70. The van der Waals surface area contributed by atoms with Gasteiger partial charge in [-0.3, -0.25) is 4.79 Å². The van der Waals surface area contributed by atoms with Crippen molar-refractivity contribution in [3.63, 3.8) is 0 Å². The molecule has 1 saturated carbocycles. The number of rotatable bonds is 3. The Morgan fingerprint density at radius 2 is 2.20 bits per heavy atom. The first-order valence-electron chi connectivity index (χ1n) is 6.07. The maximum Gasteiger partial charge on any atom is 0.225 e. The third-order valence-electron chi connectivity index (χ3n) is 3.77. The summed E-state index contributed by atoms with van der Waals surface area (Å²) < 4.78 is 0. The van der Waals surface area contributed by atoms with Gasteiger partial charge in [-0.2, -0.15) is 0 Å². The van der Waals surface area contributed by atoms with Crippen LogP contribution in [0.2, 0.25) is 0 Å². The molecule has 0 bridgehead atoms. The molecule has 2 atom stereocenters. The van der Waals surface area contributed by atoms with Crippen molar-refractivity contribution in [3.05, 3.63) is 0 Å². The van der Waals surface area contributed by atoms with Crippen molar-refractivity contribution >= 4 is 21.8 Å². The fraction of sp³-hybridized carbons (Fsp3) is 0.917. The smallest absolute Gasteiger partial charge is 0.225 e. The van der Waals surface area contributed by atoms with Gasteiger partial charge in [0.1, 0.15) is 0 Å². The molecule has 86 valence electrons. The van der Waals surface area contributed by atoms with E-state index in [4.69, 9.17) is 0 Å². The van der Waals surface area contributed by atoms with E-state index in [0.717, 1.165) is 18.4 Å². The highest BCUT2D eigenvalue weighted by Gasteiger charge is 2.35. The van der Waals surface area contributed by atoms with Crippen molar-refractivity contribution in [2.24, 2.45) is 17.8 Å². The van der Waals surface area contributed by atoms with Gasteiger partial charge in [-0.1, -0.05) is 22.9 Å². The molecular weight excluding hydrogens is 254 g/mol. The van der Waals surface area contributed by atoms with E-state index in [9.17, 15) is 4.79 Å². The number of piperidine rings is 1. The molecule has 0 aromatic heterocycles. The summed E-state index contributed by atoms with van der Waals surface area (Å²) in [5.74, 6) is 2.05. The molecule has 1 aliphatic heterocycles. The number of hydrogen-bond acceptors (Lipinski definition) is 1. The molecular formula is C12H20BrNO. The third-order valence-corrected chi connectivity index (χ3v) is 4.68. The molecule has 15 heavy (non-hydrogen) atoms. The first-order valence-corrected chi connectivity index (χ1v) is 7.19. The Hall–Kier alpha value is -0.0500. The van der Waals surface area contributed by atoms with Crippen LogP contribution in [0.25, 0.3) is 0 Å². The van der Waals surface area contributed by atoms with E-state index in [-0.39, 0.29) is 5.92 Å². The van der Waals surface area contributed by atoms with Crippen molar-refractivity contribution in [1.82, 2.24) is 4.90 Å². The lowest BCUT2D eigenvalue weighted by Gasteiger charge is -2.33. The molecule has 1 aliphatic carbocycles. The summed E-state index contributed by atoms with van der Waals surface area (Å²) in [6.07, 6.45) is 4.98. The summed E-state index contributed by atoms with van der Waals surface area (Å²) in [6, 6.07) is 0. The third kappa shape index (κ3) is 2.74. The molecule has 0 spiro atoms. The molecule has 2 rings (SSSR count). The predicted molar refractivity (Wildman–Crippen MR) is 65.0 cm³/mol. The molecule has 2 aliphatic rings. The summed E-state index contributed by atoms with van der Waals surface area (Å²) in [5, 5.41) is 1.04. The highest BCUT2D eigenvalue weighted by atomic mass is 79.9. The van der Waals surface area contributed by atoms with Crippen LogP contribution in [0.15, 0.2) is 0 Å². The highest BCUT2D eigenvalue weighted by molar-refractivity contribution is 9.09. The van der Waals surface area contributed by atoms with Crippen LogP contribution in [0.4, 0.5) is 0 Å². The molecule has 2 fully saturated rings. The number of alkyl halides is 1. The first-order chi connectivity index (χ1) is 7.22. The van der Waals surface area contributed by atoms with E-state index in [1.54, 1.807) is 0 Å². The topological polar surface area (TPSA) is 20.3 Å². The van der Waals surface area contributed by atoms with Gasteiger partial charge < -0.3 is 4.90 Å². The summed E-state index contributed by atoms with van der Waals surface area (Å²) in [5.41, 5.74) is 0. The molecule has 1 heterocycles. The minimum absolute atomic E-state index is 0.277. The maximum atomic E-state index is 12.2. The van der Waals surface area contributed by atoms with Crippen molar-refractivity contribution < 1.29 is 4.79 Å². The van der Waals surface area contributed by atoms with E-state index >= 15 is 0 Å². The monoisotopic (exact) mass is 273 g/mol. The summed E-state index contributed by atoms with van der Waals surface area (Å²) >= 11 is 3.53. The number of amides is 1. The lowest BCUT2D eigenvalue weighted by atomic mass is 9.97. The average molecular weight is 274 g/mol. The maximum absolute atomic E-state index is 12.2. The Balaban J connectivity index is 1.88. The lowest BCUT2D eigenvalue weighted by molar-refractivity contribution is -0.137. The Labute approximate surface area is 101 Å². The molecule has 1 amide bonds. The summed E-state index contributed by atoms with van der Waals surface area (Å²) in [7, 11) is 0. The first kappa shape index (κ1) is 11.4. The second kappa shape index (κ2) is 4.86. The fourth-order valence-electron chi connectivity index (χ4n) is 2.48. The molecule has 0 aromatic carbocycles. The van der Waals surface area contributed by atoms with E-state index < -0.39 is 0 Å². The lowest BCUT2D eigenvalue weighted by Crippen LogP contribution is -2.43. The zero-order chi connectivity index (χ0) is 10.8. The number of halogens is 1. The second-order valence-electron chi connectivity index (χ2n) is 5.07. The van der Waals surface area contributed by atoms with Crippen LogP contribution in [0.5, 0.6) is 0 Å². The van der Waals surface area contributed by atoms with Gasteiger partial charge >= 0.3 is 0 Å². The van der Waals surface area contributed by atoms with Gasteiger partial charge in [0.05, 0.1) is 0 Å². The highest BCUT2D eigenvalue weighted by Crippen LogP contribution is 2.37. The zero-order valence-corrected chi connectivity index (χ0v) is 11.0. The fourth-order valence-corrected chi connectivity index (χ4v) is 3.01. The quantitative estimate of drug-likeness (QED) is 0.724. The predicted octanol–water partition coefficient (Wildman–Crippen LogP) is 2.67. The van der Waals surface area contributed by atoms with Crippen LogP contribution in [-0.2, 0) is 4.79 Å². The SMILES string of the molecule is CC(C(=O)N1CCCC(CBr)C1)C1CC1. The van der Waals surface area contributed by atoms with Gasteiger partial charge in [-0.05, 0) is 37.5 Å². The van der Waals surface area contributed by atoms with Gasteiger partial charge in [-0.25, -0.2) is 0 Å². The Morgan fingerprint density at radius 1 is 1.47 bits per heavy atom. The Bertz CT molecular complexity index is 240. The molecule has 0 aromatic rings. The summed E-state index contributed by atoms with van der Waals surface area (Å²) in [6.45, 7) is 4.07. The van der Waals surface area contributed by atoms with Crippen LogP contribution in [0, 0.1) is 17.8 Å². The van der Waals surface area contributed by atoms with Gasteiger partial charge in [0, 0.05) is 24.3 Å². The number of carbonyl (C=O) groups is 1. The number of likely N-dealkylation sites (tertiary alicyclic amines) is 1. The van der Waals surface area contributed by atoms with Crippen LogP contribution >= 0.6 is 15.9 Å². The molecule has 1 saturated heterocycles. The van der Waals surface area contributed by atoms with Crippen LogP contribution in [-0.4, -0.2) is 29.2 Å². The van der Waals surface area contributed by atoms with E-state index in [2.05, 4.69) is 27.8 Å². The Morgan fingerprint density at radius 3 is 2.80 bits per heavy atom. The molecule has 0 N–H and O–H groups in total. The largest absolute Gasteiger partial charge is 0.342 e.